The largest absolute Gasteiger partial charge is 0.342 e. The van der Waals surface area contributed by atoms with Crippen LogP contribution >= 0.6 is 27.5 Å². The van der Waals surface area contributed by atoms with E-state index in [1.165, 1.54) is 11.9 Å². The minimum Gasteiger partial charge on any atom is -0.306 e. The van der Waals surface area contributed by atoms with Gasteiger partial charge in [0, 0.05) is 15.2 Å². The molecule has 2 amide bonds. The lowest BCUT2D eigenvalue weighted by atomic mass is 9.71. The predicted octanol–water partition coefficient (Wildman–Crippen LogP) is 5.88. The Morgan fingerprint density at radius 2 is 1.65 bits per heavy atom. The zero-order valence-corrected chi connectivity index (χ0v) is 19.0. The Labute approximate surface area is 193 Å². The molecule has 1 aliphatic rings. The van der Waals surface area contributed by atoms with E-state index in [-0.39, 0.29) is 12.3 Å². The van der Waals surface area contributed by atoms with Crippen molar-refractivity contribution in [2.45, 2.75) is 12.3 Å². The Kier molecular flexibility index (Phi) is 5.94. The third-order valence-electron chi connectivity index (χ3n) is 5.33. The summed E-state index contributed by atoms with van der Waals surface area (Å²) in [6.45, 7) is 1.64. The second-order valence-corrected chi connectivity index (χ2v) is 8.63. The molecular weight excluding hydrogens is 478 g/mol. The number of anilines is 1. The average molecular weight is 497 g/mol. The van der Waals surface area contributed by atoms with E-state index in [1.54, 1.807) is 24.3 Å². The van der Waals surface area contributed by atoms with Gasteiger partial charge in [-0.05, 0) is 54.4 Å². The summed E-state index contributed by atoms with van der Waals surface area (Å²) < 4.78 is 0.911. The lowest BCUT2D eigenvalue weighted by molar-refractivity contribution is -0.120. The van der Waals surface area contributed by atoms with Gasteiger partial charge in [-0.15, -0.1) is 0 Å². The number of rotatable bonds is 4. The minimum atomic E-state index is -1.08. The molecule has 0 saturated carbocycles. The van der Waals surface area contributed by atoms with Gasteiger partial charge < -0.3 is 5.32 Å². The molecule has 5 nitrogen and oxygen atoms in total. The summed E-state index contributed by atoms with van der Waals surface area (Å²) in [5, 5.41) is 9.37. The standard InChI is InChI=1S/C24H19BrClN3O2/c1-16(30)24(18-5-3-2-4-6-18)15-29(23(31)27-21-13-9-19(25)10-14-21)28-22(24)17-7-11-20(26)12-8-17/h2-14H,15H2,1H3,(H,27,31). The van der Waals surface area contributed by atoms with Crippen LogP contribution in [0.2, 0.25) is 5.02 Å². The molecule has 156 valence electrons. The maximum Gasteiger partial charge on any atom is 0.342 e. The molecule has 7 heteroatoms. The van der Waals surface area contributed by atoms with Crippen LogP contribution in [-0.4, -0.2) is 29.1 Å². The number of urea groups is 1. The third kappa shape index (κ3) is 4.13. The molecule has 1 N–H and O–H groups in total. The number of carbonyl (C=O) groups excluding carboxylic acids is 2. The zero-order chi connectivity index (χ0) is 22.0. The Morgan fingerprint density at radius 1 is 1.00 bits per heavy atom. The number of carbonyl (C=O) groups is 2. The molecule has 1 heterocycles. The molecule has 1 aliphatic heterocycles. The van der Waals surface area contributed by atoms with E-state index >= 15 is 0 Å². The van der Waals surface area contributed by atoms with Crippen molar-refractivity contribution in [1.82, 2.24) is 5.01 Å². The van der Waals surface area contributed by atoms with Crippen LogP contribution in [0, 0.1) is 0 Å². The van der Waals surface area contributed by atoms with Crippen LogP contribution in [0.3, 0.4) is 0 Å². The van der Waals surface area contributed by atoms with Gasteiger partial charge in [0.2, 0.25) is 0 Å². The minimum absolute atomic E-state index is 0.0914. The Hall–Kier alpha value is -2.96. The second kappa shape index (κ2) is 8.65. The molecule has 3 aromatic rings. The van der Waals surface area contributed by atoms with Gasteiger partial charge in [-0.2, -0.15) is 5.10 Å². The number of hydrazone groups is 1. The molecule has 0 saturated heterocycles. The number of hydrogen-bond acceptors (Lipinski definition) is 3. The first-order valence-corrected chi connectivity index (χ1v) is 10.8. The van der Waals surface area contributed by atoms with Crippen LogP contribution in [0.5, 0.6) is 0 Å². The highest BCUT2D eigenvalue weighted by atomic mass is 79.9. The van der Waals surface area contributed by atoms with E-state index in [0.717, 1.165) is 15.6 Å². The lowest BCUT2D eigenvalue weighted by Gasteiger charge is -2.29. The van der Waals surface area contributed by atoms with Crippen molar-refractivity contribution in [2.24, 2.45) is 5.10 Å². The number of nitrogens with zero attached hydrogens (tertiary/aromatic N) is 2. The Balaban J connectivity index is 1.77. The van der Waals surface area contributed by atoms with Crippen molar-refractivity contribution < 1.29 is 9.59 Å². The van der Waals surface area contributed by atoms with Crippen molar-refractivity contribution in [3.8, 4) is 0 Å². The average Bonchev–Trinajstić information content (AvgIpc) is 3.19. The number of benzene rings is 3. The lowest BCUT2D eigenvalue weighted by Crippen LogP contribution is -2.46. The summed E-state index contributed by atoms with van der Waals surface area (Å²) >= 11 is 9.45. The molecule has 3 aromatic carbocycles. The highest BCUT2D eigenvalue weighted by molar-refractivity contribution is 9.10. The summed E-state index contributed by atoms with van der Waals surface area (Å²) in [4.78, 5) is 26.1. The Bertz CT molecular complexity index is 1150. The van der Waals surface area contributed by atoms with E-state index in [2.05, 4.69) is 26.3 Å². The fourth-order valence-corrected chi connectivity index (χ4v) is 4.11. The zero-order valence-electron chi connectivity index (χ0n) is 16.7. The Morgan fingerprint density at radius 3 is 2.26 bits per heavy atom. The van der Waals surface area contributed by atoms with Gasteiger partial charge in [0.15, 0.2) is 0 Å². The van der Waals surface area contributed by atoms with Gasteiger partial charge >= 0.3 is 6.03 Å². The van der Waals surface area contributed by atoms with Gasteiger partial charge in [-0.25, -0.2) is 9.80 Å². The van der Waals surface area contributed by atoms with E-state index in [9.17, 15) is 9.59 Å². The van der Waals surface area contributed by atoms with E-state index in [0.29, 0.717) is 16.4 Å². The van der Waals surface area contributed by atoms with Crippen LogP contribution in [0.25, 0.3) is 0 Å². The molecule has 0 radical (unpaired) electrons. The number of Topliss-reactive ketones (excluding diaryl/α,β-unsaturated/α-hetero) is 1. The maximum absolute atomic E-state index is 13.1. The van der Waals surface area contributed by atoms with Crippen LogP contribution in [0.15, 0.2) is 88.4 Å². The summed E-state index contributed by atoms with van der Waals surface area (Å²) in [5.74, 6) is -0.0914. The van der Waals surface area contributed by atoms with Crippen molar-refractivity contribution in [3.63, 3.8) is 0 Å². The summed E-state index contributed by atoms with van der Waals surface area (Å²) in [5.41, 5.74) is 1.61. The first kappa shape index (κ1) is 21.3. The molecule has 4 rings (SSSR count). The van der Waals surface area contributed by atoms with Crippen molar-refractivity contribution in [2.75, 3.05) is 11.9 Å². The number of amides is 2. The molecule has 31 heavy (non-hydrogen) atoms. The number of ketones is 1. The highest BCUT2D eigenvalue weighted by Crippen LogP contribution is 2.37. The number of hydrogen-bond donors (Lipinski definition) is 1. The van der Waals surface area contributed by atoms with E-state index < -0.39 is 11.4 Å². The van der Waals surface area contributed by atoms with Crippen molar-refractivity contribution in [1.29, 1.82) is 0 Å². The van der Waals surface area contributed by atoms with Gasteiger partial charge in [0.25, 0.3) is 0 Å². The number of halogens is 2. The van der Waals surface area contributed by atoms with E-state index in [1.807, 2.05) is 54.6 Å². The first-order chi connectivity index (χ1) is 14.9. The molecule has 1 atom stereocenters. The van der Waals surface area contributed by atoms with E-state index in [4.69, 9.17) is 11.6 Å². The summed E-state index contributed by atoms with van der Waals surface area (Å²) in [7, 11) is 0. The molecule has 0 fully saturated rings. The normalized spacial score (nSPS) is 17.9. The molecule has 0 aliphatic carbocycles. The van der Waals surface area contributed by atoms with Crippen LogP contribution < -0.4 is 5.32 Å². The first-order valence-electron chi connectivity index (χ1n) is 9.66. The fourth-order valence-electron chi connectivity index (χ4n) is 3.72. The second-order valence-electron chi connectivity index (χ2n) is 7.28. The molecule has 0 bridgehead atoms. The molecule has 0 spiro atoms. The highest BCUT2D eigenvalue weighted by Gasteiger charge is 2.50. The third-order valence-corrected chi connectivity index (χ3v) is 6.11. The van der Waals surface area contributed by atoms with Crippen molar-refractivity contribution >= 4 is 50.7 Å². The molecule has 1 unspecified atom stereocenters. The fraction of sp³-hybridized carbons (Fsp3) is 0.125. The summed E-state index contributed by atoms with van der Waals surface area (Å²) in [6, 6.07) is 23.4. The quantitative estimate of drug-likeness (QED) is 0.490. The van der Waals surface area contributed by atoms with Gasteiger partial charge in [0.05, 0.1) is 12.3 Å². The van der Waals surface area contributed by atoms with Gasteiger partial charge in [-0.3, -0.25) is 4.79 Å². The number of nitrogens with one attached hydrogen (secondary N) is 1. The van der Waals surface area contributed by atoms with Crippen molar-refractivity contribution in [3.05, 3.63) is 99.5 Å². The van der Waals surface area contributed by atoms with Gasteiger partial charge in [-0.1, -0.05) is 70.0 Å². The predicted molar refractivity (Wildman–Crippen MR) is 127 cm³/mol. The maximum atomic E-state index is 13.1. The smallest absolute Gasteiger partial charge is 0.306 e. The SMILES string of the molecule is CC(=O)C1(c2ccccc2)CN(C(=O)Nc2ccc(Br)cc2)N=C1c1ccc(Cl)cc1. The molecule has 0 aromatic heterocycles. The summed E-state index contributed by atoms with van der Waals surface area (Å²) in [6.07, 6.45) is 0. The molecular formula is C24H19BrClN3O2. The van der Waals surface area contributed by atoms with Crippen LogP contribution in [0.1, 0.15) is 18.1 Å². The monoisotopic (exact) mass is 495 g/mol. The van der Waals surface area contributed by atoms with Crippen LogP contribution in [0.4, 0.5) is 10.5 Å². The van der Waals surface area contributed by atoms with Crippen LogP contribution in [-0.2, 0) is 10.2 Å². The topological polar surface area (TPSA) is 61.8 Å². The van der Waals surface area contributed by atoms with Gasteiger partial charge in [0.1, 0.15) is 11.2 Å².